The monoisotopic (exact) mass is 398 g/mol. The SMILES string of the molecule is COc1cc(NC(=O)c2ccc(C(=O)O)cc2)c(C(=O)N2CCCC2)cc1OC. The van der Waals surface area contributed by atoms with Gasteiger partial charge in [0.2, 0.25) is 0 Å². The van der Waals surface area contributed by atoms with E-state index < -0.39 is 11.9 Å². The van der Waals surface area contributed by atoms with Gasteiger partial charge in [-0.1, -0.05) is 0 Å². The van der Waals surface area contributed by atoms with Crippen molar-refractivity contribution < 1.29 is 29.0 Å². The first-order valence-electron chi connectivity index (χ1n) is 9.14. The fourth-order valence-electron chi connectivity index (χ4n) is 3.21. The average Bonchev–Trinajstić information content (AvgIpc) is 3.27. The summed E-state index contributed by atoms with van der Waals surface area (Å²) >= 11 is 0. The van der Waals surface area contributed by atoms with Crippen molar-refractivity contribution >= 4 is 23.5 Å². The van der Waals surface area contributed by atoms with Gasteiger partial charge in [0.15, 0.2) is 11.5 Å². The van der Waals surface area contributed by atoms with Gasteiger partial charge in [-0.25, -0.2) is 4.79 Å². The first-order chi connectivity index (χ1) is 13.9. The Bertz CT molecular complexity index is 933. The summed E-state index contributed by atoms with van der Waals surface area (Å²) < 4.78 is 10.6. The van der Waals surface area contributed by atoms with E-state index in [4.69, 9.17) is 14.6 Å². The second-order valence-corrected chi connectivity index (χ2v) is 6.59. The van der Waals surface area contributed by atoms with Gasteiger partial charge in [-0.05, 0) is 43.2 Å². The van der Waals surface area contributed by atoms with Crippen molar-refractivity contribution in [2.45, 2.75) is 12.8 Å². The smallest absolute Gasteiger partial charge is 0.335 e. The van der Waals surface area contributed by atoms with Crippen LogP contribution in [0.4, 0.5) is 5.69 Å². The van der Waals surface area contributed by atoms with Gasteiger partial charge in [-0.3, -0.25) is 9.59 Å². The summed E-state index contributed by atoms with van der Waals surface area (Å²) in [4.78, 5) is 38.4. The van der Waals surface area contributed by atoms with Crippen LogP contribution in [0.1, 0.15) is 43.9 Å². The minimum atomic E-state index is -1.07. The molecule has 0 unspecified atom stereocenters. The molecule has 2 amide bonds. The van der Waals surface area contributed by atoms with E-state index in [0.717, 1.165) is 12.8 Å². The standard InChI is InChI=1S/C21H22N2O6/c1-28-17-11-15(20(25)23-9-3-4-10-23)16(12-18(17)29-2)22-19(24)13-5-7-14(8-6-13)21(26)27/h5-8,11-12H,3-4,9-10H2,1-2H3,(H,22,24)(H,26,27). The molecule has 2 aromatic carbocycles. The quantitative estimate of drug-likeness (QED) is 0.775. The Balaban J connectivity index is 1.94. The molecule has 2 aromatic rings. The van der Waals surface area contributed by atoms with Gasteiger partial charge in [0.05, 0.1) is 31.0 Å². The topological polar surface area (TPSA) is 105 Å². The molecule has 0 bridgehead atoms. The maximum Gasteiger partial charge on any atom is 0.335 e. The third-order valence-corrected chi connectivity index (χ3v) is 4.79. The van der Waals surface area contributed by atoms with Crippen molar-refractivity contribution in [1.82, 2.24) is 4.90 Å². The van der Waals surface area contributed by atoms with E-state index in [-0.39, 0.29) is 17.0 Å². The highest BCUT2D eigenvalue weighted by Crippen LogP contribution is 2.34. The van der Waals surface area contributed by atoms with Crippen molar-refractivity contribution in [3.05, 3.63) is 53.1 Å². The molecule has 1 heterocycles. The van der Waals surface area contributed by atoms with Crippen LogP contribution in [0.2, 0.25) is 0 Å². The maximum absolute atomic E-state index is 13.0. The lowest BCUT2D eigenvalue weighted by molar-refractivity contribution is 0.0695. The first kappa shape index (κ1) is 20.2. The molecule has 0 aliphatic carbocycles. The van der Waals surface area contributed by atoms with Crippen LogP contribution in [-0.2, 0) is 0 Å². The van der Waals surface area contributed by atoms with E-state index in [9.17, 15) is 14.4 Å². The number of nitrogens with one attached hydrogen (secondary N) is 1. The molecule has 0 saturated carbocycles. The Morgan fingerprint density at radius 3 is 2.03 bits per heavy atom. The number of ether oxygens (including phenoxy) is 2. The normalized spacial score (nSPS) is 13.1. The van der Waals surface area contributed by atoms with Crippen LogP contribution in [0.3, 0.4) is 0 Å². The lowest BCUT2D eigenvalue weighted by Crippen LogP contribution is -2.29. The van der Waals surface area contributed by atoms with Crippen LogP contribution in [0.25, 0.3) is 0 Å². The summed E-state index contributed by atoms with van der Waals surface area (Å²) in [6, 6.07) is 8.64. The first-order valence-corrected chi connectivity index (χ1v) is 9.14. The molecule has 1 saturated heterocycles. The number of carboxylic acid groups (broad SMARTS) is 1. The van der Waals surface area contributed by atoms with E-state index in [2.05, 4.69) is 5.32 Å². The average molecular weight is 398 g/mol. The van der Waals surface area contributed by atoms with Gasteiger partial charge in [-0.15, -0.1) is 0 Å². The second kappa shape index (κ2) is 8.64. The highest BCUT2D eigenvalue weighted by Gasteiger charge is 2.25. The van der Waals surface area contributed by atoms with Crippen molar-refractivity contribution in [3.8, 4) is 11.5 Å². The molecule has 1 aliphatic rings. The van der Waals surface area contributed by atoms with Crippen molar-refractivity contribution in [2.75, 3.05) is 32.6 Å². The lowest BCUT2D eigenvalue weighted by atomic mass is 10.1. The zero-order valence-corrected chi connectivity index (χ0v) is 16.2. The molecule has 0 aromatic heterocycles. The number of benzene rings is 2. The van der Waals surface area contributed by atoms with Gasteiger partial charge in [0, 0.05) is 24.7 Å². The molecule has 3 rings (SSSR count). The van der Waals surface area contributed by atoms with Crippen LogP contribution >= 0.6 is 0 Å². The van der Waals surface area contributed by atoms with Gasteiger partial charge in [-0.2, -0.15) is 0 Å². The Kier molecular flexibility index (Phi) is 6.01. The van der Waals surface area contributed by atoms with E-state index >= 15 is 0 Å². The van der Waals surface area contributed by atoms with Gasteiger partial charge >= 0.3 is 5.97 Å². The number of methoxy groups -OCH3 is 2. The molecule has 2 N–H and O–H groups in total. The molecular formula is C21H22N2O6. The van der Waals surface area contributed by atoms with Crippen molar-refractivity contribution in [1.29, 1.82) is 0 Å². The van der Waals surface area contributed by atoms with E-state index in [1.54, 1.807) is 17.0 Å². The Labute approximate surface area is 168 Å². The van der Waals surface area contributed by atoms with Crippen LogP contribution < -0.4 is 14.8 Å². The number of aromatic carboxylic acids is 1. The fraction of sp³-hybridized carbons (Fsp3) is 0.286. The summed E-state index contributed by atoms with van der Waals surface area (Å²) in [5.74, 6) is -0.971. The summed E-state index contributed by atoms with van der Waals surface area (Å²) in [6.07, 6.45) is 1.88. The summed E-state index contributed by atoms with van der Waals surface area (Å²) in [5.41, 5.74) is 0.953. The van der Waals surface area contributed by atoms with Gasteiger partial charge in [0.1, 0.15) is 0 Å². The molecule has 0 spiro atoms. The molecule has 1 fully saturated rings. The number of likely N-dealkylation sites (tertiary alicyclic amines) is 1. The zero-order chi connectivity index (χ0) is 21.0. The number of anilines is 1. The van der Waals surface area contributed by atoms with E-state index in [0.29, 0.717) is 35.8 Å². The van der Waals surface area contributed by atoms with Gasteiger partial charge < -0.3 is 24.8 Å². The predicted molar refractivity (Wildman–Crippen MR) is 106 cm³/mol. The predicted octanol–water partition coefficient (Wildman–Crippen LogP) is 2.89. The summed E-state index contributed by atoms with van der Waals surface area (Å²) in [5, 5.41) is 11.7. The molecule has 29 heavy (non-hydrogen) atoms. The second-order valence-electron chi connectivity index (χ2n) is 6.59. The zero-order valence-electron chi connectivity index (χ0n) is 16.2. The lowest BCUT2D eigenvalue weighted by Gasteiger charge is -2.20. The Morgan fingerprint density at radius 1 is 0.931 bits per heavy atom. The summed E-state index contributed by atoms with van der Waals surface area (Å²) in [7, 11) is 2.94. The molecule has 0 atom stereocenters. The number of carboxylic acids is 1. The van der Waals surface area contributed by atoms with E-state index in [1.807, 2.05) is 0 Å². The van der Waals surface area contributed by atoms with Gasteiger partial charge in [0.25, 0.3) is 11.8 Å². The third-order valence-electron chi connectivity index (χ3n) is 4.79. The number of amides is 2. The number of carbonyl (C=O) groups is 3. The number of hydrogen-bond donors (Lipinski definition) is 2. The Morgan fingerprint density at radius 2 is 1.48 bits per heavy atom. The molecular weight excluding hydrogens is 376 g/mol. The molecule has 8 nitrogen and oxygen atoms in total. The third kappa shape index (κ3) is 4.31. The van der Waals surface area contributed by atoms with Crippen LogP contribution in [0, 0.1) is 0 Å². The highest BCUT2D eigenvalue weighted by atomic mass is 16.5. The molecule has 8 heteroatoms. The molecule has 152 valence electrons. The van der Waals surface area contributed by atoms with Crippen molar-refractivity contribution in [2.24, 2.45) is 0 Å². The summed E-state index contributed by atoms with van der Waals surface area (Å²) in [6.45, 7) is 1.33. The maximum atomic E-state index is 13.0. The molecule has 1 aliphatic heterocycles. The Hall–Kier alpha value is -3.55. The number of nitrogens with zero attached hydrogens (tertiary/aromatic N) is 1. The molecule has 0 radical (unpaired) electrons. The number of carbonyl (C=O) groups excluding carboxylic acids is 2. The van der Waals surface area contributed by atoms with Crippen LogP contribution in [0.5, 0.6) is 11.5 Å². The van der Waals surface area contributed by atoms with Crippen LogP contribution in [-0.4, -0.2) is 55.1 Å². The van der Waals surface area contributed by atoms with E-state index in [1.165, 1.54) is 38.5 Å². The number of rotatable bonds is 6. The fourth-order valence-corrected chi connectivity index (χ4v) is 3.21. The van der Waals surface area contributed by atoms with Crippen LogP contribution in [0.15, 0.2) is 36.4 Å². The minimum absolute atomic E-state index is 0.0811. The number of hydrogen-bond acceptors (Lipinski definition) is 5. The largest absolute Gasteiger partial charge is 0.493 e. The van der Waals surface area contributed by atoms with Crippen molar-refractivity contribution in [3.63, 3.8) is 0 Å². The minimum Gasteiger partial charge on any atom is -0.493 e. The highest BCUT2D eigenvalue weighted by molar-refractivity contribution is 6.09.